The van der Waals surface area contributed by atoms with Crippen LogP contribution in [0, 0.1) is 0 Å². The third-order valence-corrected chi connectivity index (χ3v) is 4.95. The summed E-state index contributed by atoms with van der Waals surface area (Å²) in [5, 5.41) is 10.7. The molecule has 0 saturated carbocycles. The van der Waals surface area contributed by atoms with Gasteiger partial charge in [-0.3, -0.25) is 0 Å². The van der Waals surface area contributed by atoms with Crippen molar-refractivity contribution in [1.82, 2.24) is 10.2 Å². The van der Waals surface area contributed by atoms with Gasteiger partial charge in [-0.05, 0) is 42.0 Å². The van der Waals surface area contributed by atoms with Gasteiger partial charge in [0.2, 0.25) is 0 Å². The average molecular weight is 377 g/mol. The summed E-state index contributed by atoms with van der Waals surface area (Å²) in [5.41, 5.74) is 2.80. The third-order valence-electron chi connectivity index (χ3n) is 3.40. The van der Waals surface area contributed by atoms with E-state index in [1.807, 2.05) is 48.5 Å². The molecule has 0 fully saturated rings. The summed E-state index contributed by atoms with van der Waals surface area (Å²) >= 11 is 13.7. The largest absolute Gasteiger partial charge is 0.497 e. The molecule has 0 unspecified atom stereocenters. The third kappa shape index (κ3) is 4.20. The van der Waals surface area contributed by atoms with Crippen molar-refractivity contribution in [2.75, 3.05) is 7.11 Å². The van der Waals surface area contributed by atoms with E-state index in [-0.39, 0.29) is 0 Å². The lowest BCUT2D eigenvalue weighted by Gasteiger charge is -2.06. The van der Waals surface area contributed by atoms with E-state index >= 15 is 0 Å². The zero-order chi connectivity index (χ0) is 16.9. The normalized spacial score (nSPS) is 10.6. The second-order valence-corrected chi connectivity index (χ2v) is 6.85. The zero-order valence-electron chi connectivity index (χ0n) is 12.9. The van der Waals surface area contributed by atoms with Gasteiger partial charge in [0.05, 0.1) is 12.8 Å². The van der Waals surface area contributed by atoms with Crippen LogP contribution in [-0.4, -0.2) is 17.3 Å². The van der Waals surface area contributed by atoms with Gasteiger partial charge < -0.3 is 4.74 Å². The molecule has 24 heavy (non-hydrogen) atoms. The number of thioether (sulfide) groups is 1. The van der Waals surface area contributed by atoms with Crippen LogP contribution in [0.2, 0.25) is 10.0 Å². The Kier molecular flexibility index (Phi) is 5.61. The minimum Gasteiger partial charge on any atom is -0.497 e. The van der Waals surface area contributed by atoms with E-state index < -0.39 is 0 Å². The first-order chi connectivity index (χ1) is 11.7. The molecule has 0 aliphatic rings. The molecule has 122 valence electrons. The molecule has 0 saturated heterocycles. The van der Waals surface area contributed by atoms with Gasteiger partial charge in [0.25, 0.3) is 0 Å². The van der Waals surface area contributed by atoms with Gasteiger partial charge >= 0.3 is 0 Å². The van der Waals surface area contributed by atoms with Crippen LogP contribution in [-0.2, 0) is 5.75 Å². The highest BCUT2D eigenvalue weighted by Crippen LogP contribution is 2.28. The number of methoxy groups -OCH3 is 1. The van der Waals surface area contributed by atoms with Gasteiger partial charge in [-0.2, -0.15) is 0 Å². The Labute approximate surface area is 155 Å². The molecule has 2 aromatic carbocycles. The van der Waals surface area contributed by atoms with Crippen molar-refractivity contribution in [3.63, 3.8) is 0 Å². The first-order valence-corrected chi connectivity index (χ1v) is 8.95. The van der Waals surface area contributed by atoms with Crippen molar-refractivity contribution >= 4 is 35.0 Å². The molecule has 0 aliphatic carbocycles. The summed E-state index contributed by atoms with van der Waals surface area (Å²) in [5.74, 6) is 1.51. The van der Waals surface area contributed by atoms with Gasteiger partial charge in [-0.15, -0.1) is 10.2 Å². The molecular formula is C18H14Cl2N2OS. The smallest absolute Gasteiger partial charge is 0.119 e. The molecule has 0 radical (unpaired) electrons. The quantitative estimate of drug-likeness (QED) is 0.530. The second-order valence-electron chi connectivity index (χ2n) is 5.01. The molecule has 3 rings (SSSR count). The fourth-order valence-corrected chi connectivity index (χ4v) is 3.50. The molecule has 6 heteroatoms. The Morgan fingerprint density at radius 3 is 2.58 bits per heavy atom. The number of nitrogens with zero attached hydrogens (tertiary/aromatic N) is 2. The standard InChI is InChI=1S/C18H14Cl2N2OS/c1-23-15-4-2-3-12(9-15)17-7-8-18(22-21-17)24-11-13-5-6-14(19)10-16(13)20/h2-10H,11H2,1H3. The van der Waals surface area contributed by atoms with Crippen LogP contribution in [0.25, 0.3) is 11.3 Å². The highest BCUT2D eigenvalue weighted by Gasteiger charge is 2.06. The Balaban J connectivity index is 1.70. The van der Waals surface area contributed by atoms with E-state index in [2.05, 4.69) is 10.2 Å². The molecule has 3 aromatic rings. The molecule has 1 aromatic heterocycles. The van der Waals surface area contributed by atoms with Crippen LogP contribution in [0.5, 0.6) is 5.75 Å². The van der Waals surface area contributed by atoms with Gasteiger partial charge in [0, 0.05) is 21.4 Å². The summed E-state index contributed by atoms with van der Waals surface area (Å²) in [4.78, 5) is 0. The number of halogens is 2. The van der Waals surface area contributed by atoms with Crippen molar-refractivity contribution < 1.29 is 4.74 Å². The Morgan fingerprint density at radius 2 is 1.88 bits per heavy atom. The minimum absolute atomic E-state index is 0.635. The van der Waals surface area contributed by atoms with Crippen molar-refractivity contribution in [2.45, 2.75) is 10.8 Å². The molecular weight excluding hydrogens is 363 g/mol. The van der Waals surface area contributed by atoms with Crippen molar-refractivity contribution in [3.05, 3.63) is 70.2 Å². The maximum absolute atomic E-state index is 6.18. The van der Waals surface area contributed by atoms with Crippen LogP contribution < -0.4 is 4.74 Å². The van der Waals surface area contributed by atoms with Crippen LogP contribution >= 0.6 is 35.0 Å². The highest BCUT2D eigenvalue weighted by atomic mass is 35.5. The van der Waals surface area contributed by atoms with E-state index in [0.717, 1.165) is 27.6 Å². The monoisotopic (exact) mass is 376 g/mol. The lowest BCUT2D eigenvalue weighted by atomic mass is 10.1. The summed E-state index contributed by atoms with van der Waals surface area (Å²) < 4.78 is 5.23. The van der Waals surface area contributed by atoms with Gasteiger partial charge in [-0.25, -0.2) is 0 Å². The Hall–Kier alpha value is -1.75. The van der Waals surface area contributed by atoms with Crippen molar-refractivity contribution in [3.8, 4) is 17.0 Å². The lowest BCUT2D eigenvalue weighted by Crippen LogP contribution is -1.91. The predicted octanol–water partition coefficient (Wildman–Crippen LogP) is 5.75. The average Bonchev–Trinajstić information content (AvgIpc) is 2.61. The number of rotatable bonds is 5. The molecule has 0 aliphatic heterocycles. The van der Waals surface area contributed by atoms with E-state index in [1.54, 1.807) is 24.9 Å². The van der Waals surface area contributed by atoms with Gasteiger partial charge in [-0.1, -0.05) is 53.2 Å². The van der Waals surface area contributed by atoms with Crippen LogP contribution in [0.15, 0.2) is 59.6 Å². The van der Waals surface area contributed by atoms with E-state index in [1.165, 1.54) is 0 Å². The molecule has 0 bridgehead atoms. The fraction of sp³-hybridized carbons (Fsp3) is 0.111. The number of hydrogen-bond acceptors (Lipinski definition) is 4. The first-order valence-electron chi connectivity index (χ1n) is 7.20. The molecule has 0 N–H and O–H groups in total. The summed E-state index contributed by atoms with van der Waals surface area (Å²) in [6, 6.07) is 17.2. The van der Waals surface area contributed by atoms with Crippen LogP contribution in [0.4, 0.5) is 0 Å². The zero-order valence-corrected chi connectivity index (χ0v) is 15.2. The maximum Gasteiger partial charge on any atom is 0.119 e. The van der Waals surface area contributed by atoms with E-state index in [9.17, 15) is 0 Å². The minimum atomic E-state index is 0.635. The van der Waals surface area contributed by atoms with Gasteiger partial charge in [0.1, 0.15) is 10.8 Å². The maximum atomic E-state index is 6.18. The number of benzene rings is 2. The number of ether oxygens (including phenoxy) is 1. The van der Waals surface area contributed by atoms with Crippen molar-refractivity contribution in [2.24, 2.45) is 0 Å². The summed E-state index contributed by atoms with van der Waals surface area (Å²) in [6.07, 6.45) is 0. The van der Waals surface area contributed by atoms with Gasteiger partial charge in [0.15, 0.2) is 0 Å². The molecule has 0 amide bonds. The van der Waals surface area contributed by atoms with E-state index in [4.69, 9.17) is 27.9 Å². The Morgan fingerprint density at radius 1 is 1.00 bits per heavy atom. The highest BCUT2D eigenvalue weighted by molar-refractivity contribution is 7.98. The Bertz CT molecular complexity index is 841. The SMILES string of the molecule is COc1cccc(-c2ccc(SCc3ccc(Cl)cc3Cl)nn2)c1. The number of hydrogen-bond donors (Lipinski definition) is 0. The summed E-state index contributed by atoms with van der Waals surface area (Å²) in [6.45, 7) is 0. The predicted molar refractivity (Wildman–Crippen MR) is 100 cm³/mol. The second kappa shape index (κ2) is 7.88. The van der Waals surface area contributed by atoms with E-state index in [0.29, 0.717) is 15.8 Å². The number of aromatic nitrogens is 2. The first kappa shape index (κ1) is 17.1. The lowest BCUT2D eigenvalue weighted by molar-refractivity contribution is 0.415. The van der Waals surface area contributed by atoms with Crippen LogP contribution in [0.1, 0.15) is 5.56 Å². The van der Waals surface area contributed by atoms with Crippen molar-refractivity contribution in [1.29, 1.82) is 0 Å². The molecule has 1 heterocycles. The molecule has 0 spiro atoms. The summed E-state index contributed by atoms with van der Waals surface area (Å²) in [7, 11) is 1.65. The molecule has 0 atom stereocenters. The molecule has 3 nitrogen and oxygen atoms in total. The topological polar surface area (TPSA) is 35.0 Å². The fourth-order valence-electron chi connectivity index (χ4n) is 2.12. The van der Waals surface area contributed by atoms with Crippen LogP contribution in [0.3, 0.4) is 0 Å².